The molecule has 0 aromatic carbocycles. The third-order valence-corrected chi connectivity index (χ3v) is 3.52. The van der Waals surface area contributed by atoms with Crippen LogP contribution in [0.1, 0.15) is 51.4 Å². The van der Waals surface area contributed by atoms with Gasteiger partial charge in [-0.2, -0.15) is 5.10 Å². The number of nitrogens with zero attached hydrogens (tertiary/aromatic N) is 2. The molecule has 84 valence electrons. The van der Waals surface area contributed by atoms with Gasteiger partial charge >= 0.3 is 0 Å². The van der Waals surface area contributed by atoms with Crippen molar-refractivity contribution in [2.24, 2.45) is 5.92 Å². The van der Waals surface area contributed by atoms with E-state index in [9.17, 15) is 0 Å². The van der Waals surface area contributed by atoms with Crippen LogP contribution in [0.4, 0.5) is 0 Å². The van der Waals surface area contributed by atoms with Crippen LogP contribution in [0.15, 0.2) is 0 Å². The number of aryl methyl sites for hydroxylation is 1. The van der Waals surface area contributed by atoms with Gasteiger partial charge in [-0.25, -0.2) is 0 Å². The number of rotatable bonds is 5. The molecule has 1 N–H and O–H groups in total. The van der Waals surface area contributed by atoms with Gasteiger partial charge in [0.15, 0.2) is 4.77 Å². The lowest BCUT2D eigenvalue weighted by molar-refractivity contribution is 0.413. The van der Waals surface area contributed by atoms with Crippen LogP contribution in [0.25, 0.3) is 0 Å². The first-order chi connectivity index (χ1) is 7.26. The zero-order valence-corrected chi connectivity index (χ0v) is 10.3. The van der Waals surface area contributed by atoms with Crippen LogP contribution in [-0.2, 0) is 6.42 Å². The minimum Gasteiger partial charge on any atom is -0.301 e. The maximum Gasteiger partial charge on any atom is 0.195 e. The zero-order chi connectivity index (χ0) is 10.8. The Hall–Kier alpha value is -0.640. The number of H-pyrrole nitrogens is 1. The molecule has 0 spiro atoms. The number of nitrogens with one attached hydrogen (secondary N) is 1. The van der Waals surface area contributed by atoms with E-state index in [0.29, 0.717) is 6.04 Å². The second-order valence-electron chi connectivity index (χ2n) is 4.41. The summed E-state index contributed by atoms with van der Waals surface area (Å²) in [6.07, 6.45) is 6.19. The molecule has 0 aliphatic heterocycles. The quantitative estimate of drug-likeness (QED) is 0.780. The smallest absolute Gasteiger partial charge is 0.195 e. The number of hydrogen-bond donors (Lipinski definition) is 1. The van der Waals surface area contributed by atoms with Crippen molar-refractivity contribution in [2.45, 2.75) is 52.0 Å². The third-order valence-electron chi connectivity index (χ3n) is 3.23. The molecule has 0 saturated heterocycles. The Bertz CT molecular complexity index is 375. The number of hydrogen-bond acceptors (Lipinski definition) is 2. The minimum atomic E-state index is 0.554. The predicted molar refractivity (Wildman–Crippen MR) is 63.5 cm³/mol. The van der Waals surface area contributed by atoms with Crippen molar-refractivity contribution >= 4 is 12.2 Å². The molecule has 2 rings (SSSR count). The van der Waals surface area contributed by atoms with Gasteiger partial charge in [-0.05, 0) is 31.0 Å². The van der Waals surface area contributed by atoms with Crippen molar-refractivity contribution < 1.29 is 0 Å². The Kier molecular flexibility index (Phi) is 3.24. The molecule has 0 radical (unpaired) electrons. The summed E-state index contributed by atoms with van der Waals surface area (Å²) >= 11 is 5.30. The Morgan fingerprint density at radius 3 is 2.80 bits per heavy atom. The lowest BCUT2D eigenvalue weighted by atomic mass is 10.1. The number of aromatic amines is 1. The lowest BCUT2D eigenvalue weighted by Gasteiger charge is -2.17. The van der Waals surface area contributed by atoms with E-state index in [0.717, 1.165) is 29.4 Å². The van der Waals surface area contributed by atoms with Gasteiger partial charge in [0.25, 0.3) is 0 Å². The first-order valence-corrected chi connectivity index (χ1v) is 6.32. The third kappa shape index (κ3) is 2.30. The van der Waals surface area contributed by atoms with Gasteiger partial charge in [-0.15, -0.1) is 0 Å². The highest BCUT2D eigenvalue weighted by Gasteiger charge is 2.26. The van der Waals surface area contributed by atoms with E-state index < -0.39 is 0 Å². The van der Waals surface area contributed by atoms with Crippen molar-refractivity contribution in [3.8, 4) is 0 Å². The summed E-state index contributed by atoms with van der Waals surface area (Å²) in [5.41, 5.74) is 0. The molecule has 1 saturated carbocycles. The van der Waals surface area contributed by atoms with Gasteiger partial charge < -0.3 is 4.57 Å². The SMILES string of the molecule is CCc1n[nH]c(=S)n1C(CC)CC1CC1. The molecule has 1 fully saturated rings. The van der Waals surface area contributed by atoms with Crippen LogP contribution in [-0.4, -0.2) is 14.8 Å². The van der Waals surface area contributed by atoms with Gasteiger partial charge in [-0.1, -0.05) is 26.7 Å². The molecule has 0 amide bonds. The van der Waals surface area contributed by atoms with Gasteiger partial charge in [0.2, 0.25) is 0 Å². The second-order valence-corrected chi connectivity index (χ2v) is 4.80. The van der Waals surface area contributed by atoms with E-state index in [1.54, 1.807) is 0 Å². The summed E-state index contributed by atoms with van der Waals surface area (Å²) in [6.45, 7) is 4.37. The molecule has 3 nitrogen and oxygen atoms in total. The maximum atomic E-state index is 5.30. The molecule has 1 heterocycles. The normalized spacial score (nSPS) is 18.0. The average Bonchev–Trinajstić information content (AvgIpc) is 2.98. The van der Waals surface area contributed by atoms with E-state index in [1.165, 1.54) is 19.3 Å². The predicted octanol–water partition coefficient (Wildman–Crippen LogP) is 3.25. The summed E-state index contributed by atoms with van der Waals surface area (Å²) in [6, 6.07) is 0.554. The Labute approximate surface area is 95.9 Å². The minimum absolute atomic E-state index is 0.554. The van der Waals surface area contributed by atoms with Gasteiger partial charge in [0, 0.05) is 12.5 Å². The van der Waals surface area contributed by atoms with E-state index in [2.05, 4.69) is 28.6 Å². The van der Waals surface area contributed by atoms with Crippen LogP contribution in [0.3, 0.4) is 0 Å². The molecule has 0 bridgehead atoms. The summed E-state index contributed by atoms with van der Waals surface area (Å²) < 4.78 is 3.02. The molecule has 1 aromatic rings. The standard InChI is InChI=1S/C11H19N3S/c1-3-9(7-8-5-6-8)14-10(4-2)12-13-11(14)15/h8-9H,3-7H2,1-2H3,(H,13,15). The Morgan fingerprint density at radius 1 is 1.53 bits per heavy atom. The van der Waals surface area contributed by atoms with E-state index in [1.807, 2.05) is 0 Å². The molecule has 15 heavy (non-hydrogen) atoms. The maximum absolute atomic E-state index is 5.30. The molecular weight excluding hydrogens is 206 g/mol. The van der Waals surface area contributed by atoms with Gasteiger partial charge in [-0.3, -0.25) is 5.10 Å². The summed E-state index contributed by atoms with van der Waals surface area (Å²) in [5, 5.41) is 7.19. The lowest BCUT2D eigenvalue weighted by Crippen LogP contribution is -2.12. The van der Waals surface area contributed by atoms with E-state index in [-0.39, 0.29) is 0 Å². The summed E-state index contributed by atoms with van der Waals surface area (Å²) in [5.74, 6) is 2.05. The highest BCUT2D eigenvalue weighted by atomic mass is 32.1. The van der Waals surface area contributed by atoms with E-state index in [4.69, 9.17) is 12.2 Å². The zero-order valence-electron chi connectivity index (χ0n) is 9.49. The van der Waals surface area contributed by atoms with Gasteiger partial charge in [0.05, 0.1) is 0 Å². The second kappa shape index (κ2) is 4.47. The van der Waals surface area contributed by atoms with Crippen LogP contribution in [0.5, 0.6) is 0 Å². The average molecular weight is 225 g/mol. The molecule has 1 atom stereocenters. The first kappa shape index (κ1) is 10.9. The van der Waals surface area contributed by atoms with Crippen LogP contribution >= 0.6 is 12.2 Å². The fourth-order valence-electron chi connectivity index (χ4n) is 2.16. The van der Waals surface area contributed by atoms with E-state index >= 15 is 0 Å². The number of aromatic nitrogens is 3. The first-order valence-electron chi connectivity index (χ1n) is 5.92. The van der Waals surface area contributed by atoms with Crippen molar-refractivity contribution in [3.63, 3.8) is 0 Å². The van der Waals surface area contributed by atoms with Crippen LogP contribution in [0, 0.1) is 10.7 Å². The van der Waals surface area contributed by atoms with Crippen LogP contribution < -0.4 is 0 Å². The van der Waals surface area contributed by atoms with Gasteiger partial charge in [0.1, 0.15) is 5.82 Å². The molecule has 1 aliphatic carbocycles. The molecule has 1 aromatic heterocycles. The Morgan fingerprint density at radius 2 is 2.27 bits per heavy atom. The topological polar surface area (TPSA) is 33.6 Å². The molecule has 1 aliphatic rings. The molecular formula is C11H19N3S. The molecule has 4 heteroatoms. The summed E-state index contributed by atoms with van der Waals surface area (Å²) in [4.78, 5) is 0. The monoisotopic (exact) mass is 225 g/mol. The van der Waals surface area contributed by atoms with Crippen LogP contribution in [0.2, 0.25) is 0 Å². The fraction of sp³-hybridized carbons (Fsp3) is 0.818. The largest absolute Gasteiger partial charge is 0.301 e. The highest BCUT2D eigenvalue weighted by Crippen LogP contribution is 2.38. The summed E-state index contributed by atoms with van der Waals surface area (Å²) in [7, 11) is 0. The van der Waals surface area contributed by atoms with Crippen molar-refractivity contribution in [1.29, 1.82) is 0 Å². The van der Waals surface area contributed by atoms with Crippen molar-refractivity contribution in [3.05, 3.63) is 10.6 Å². The highest BCUT2D eigenvalue weighted by molar-refractivity contribution is 7.71. The molecule has 1 unspecified atom stereocenters. The van der Waals surface area contributed by atoms with Crippen molar-refractivity contribution in [1.82, 2.24) is 14.8 Å². The Balaban J connectivity index is 2.22. The van der Waals surface area contributed by atoms with Crippen molar-refractivity contribution in [2.75, 3.05) is 0 Å². The fourth-order valence-corrected chi connectivity index (χ4v) is 2.46.